The van der Waals surface area contributed by atoms with Crippen molar-refractivity contribution in [3.63, 3.8) is 0 Å². The molecule has 10 heteroatoms. The molecular formula is C17H15ClN4O5. The number of anilines is 1. The molecule has 9 nitrogen and oxygen atoms in total. The van der Waals surface area contributed by atoms with Crippen LogP contribution in [0.1, 0.15) is 12.0 Å². The molecule has 0 fully saturated rings. The topological polar surface area (TPSA) is 123 Å². The fourth-order valence-electron chi connectivity index (χ4n) is 2.02. The normalized spacial score (nSPS) is 10.4. The standard InChI is InChI=1S/C17H15ClN4O5/c1-27-13-4-2-3-12(8-13)20-16(23)9-17(24)21-19-10-11-5-6-14(18)15(7-11)22(25)26/h2-8,10H,9H2,1H3,(H,20,23)(H,21,24). The molecule has 0 spiro atoms. The van der Waals surface area contributed by atoms with Crippen LogP contribution >= 0.6 is 11.6 Å². The van der Waals surface area contributed by atoms with Crippen LogP contribution in [0, 0.1) is 10.1 Å². The van der Waals surface area contributed by atoms with E-state index in [1.165, 1.54) is 31.5 Å². The van der Waals surface area contributed by atoms with E-state index in [2.05, 4.69) is 15.8 Å². The molecule has 0 aliphatic rings. The number of benzene rings is 2. The number of nitrogens with zero attached hydrogens (tertiary/aromatic N) is 2. The van der Waals surface area contributed by atoms with Gasteiger partial charge in [-0.25, -0.2) is 5.43 Å². The first-order valence-electron chi connectivity index (χ1n) is 7.59. The van der Waals surface area contributed by atoms with Crippen molar-refractivity contribution in [2.75, 3.05) is 12.4 Å². The van der Waals surface area contributed by atoms with Gasteiger partial charge in [0.1, 0.15) is 17.2 Å². The predicted molar refractivity (Wildman–Crippen MR) is 100 cm³/mol. The van der Waals surface area contributed by atoms with Crippen LogP contribution in [0.2, 0.25) is 5.02 Å². The van der Waals surface area contributed by atoms with E-state index in [1.807, 2.05) is 0 Å². The van der Waals surface area contributed by atoms with Gasteiger partial charge in [0, 0.05) is 23.4 Å². The lowest BCUT2D eigenvalue weighted by Gasteiger charge is -2.06. The van der Waals surface area contributed by atoms with Gasteiger partial charge in [0.15, 0.2) is 0 Å². The summed E-state index contributed by atoms with van der Waals surface area (Å²) in [5.41, 5.74) is 2.76. The van der Waals surface area contributed by atoms with Gasteiger partial charge in [-0.05, 0) is 18.2 Å². The van der Waals surface area contributed by atoms with Crippen molar-refractivity contribution in [1.82, 2.24) is 5.43 Å². The summed E-state index contributed by atoms with van der Waals surface area (Å²) in [5, 5.41) is 17.0. The summed E-state index contributed by atoms with van der Waals surface area (Å²) in [6.45, 7) is 0. The lowest BCUT2D eigenvalue weighted by molar-refractivity contribution is -0.384. The third-order valence-electron chi connectivity index (χ3n) is 3.24. The Labute approximate surface area is 159 Å². The number of halogens is 1. The van der Waals surface area contributed by atoms with Crippen LogP contribution in [0.25, 0.3) is 0 Å². The zero-order valence-corrected chi connectivity index (χ0v) is 14.9. The molecule has 2 aromatic rings. The Morgan fingerprint density at radius 2 is 2.04 bits per heavy atom. The maximum absolute atomic E-state index is 11.9. The molecule has 0 heterocycles. The van der Waals surface area contributed by atoms with Gasteiger partial charge in [-0.2, -0.15) is 5.10 Å². The zero-order chi connectivity index (χ0) is 19.8. The van der Waals surface area contributed by atoms with Crippen LogP contribution < -0.4 is 15.5 Å². The van der Waals surface area contributed by atoms with Crippen LogP contribution in [0.3, 0.4) is 0 Å². The minimum absolute atomic E-state index is 0.00426. The van der Waals surface area contributed by atoms with E-state index in [0.717, 1.165) is 0 Å². The highest BCUT2D eigenvalue weighted by Gasteiger charge is 2.12. The average molecular weight is 391 g/mol. The van der Waals surface area contributed by atoms with Gasteiger partial charge in [0.05, 0.1) is 18.2 Å². The summed E-state index contributed by atoms with van der Waals surface area (Å²) in [7, 11) is 1.50. The van der Waals surface area contributed by atoms with E-state index in [4.69, 9.17) is 16.3 Å². The number of nitro groups is 1. The fraction of sp³-hybridized carbons (Fsp3) is 0.118. The summed E-state index contributed by atoms with van der Waals surface area (Å²) >= 11 is 5.71. The maximum Gasteiger partial charge on any atom is 0.288 e. The first-order chi connectivity index (χ1) is 12.9. The number of ether oxygens (including phenoxy) is 1. The van der Waals surface area contributed by atoms with Gasteiger partial charge < -0.3 is 10.1 Å². The molecule has 140 valence electrons. The van der Waals surface area contributed by atoms with Gasteiger partial charge in [-0.3, -0.25) is 19.7 Å². The molecule has 0 radical (unpaired) electrons. The number of nitro benzene ring substituents is 1. The molecule has 27 heavy (non-hydrogen) atoms. The lowest BCUT2D eigenvalue weighted by atomic mass is 10.2. The Hall–Kier alpha value is -3.46. The third-order valence-corrected chi connectivity index (χ3v) is 3.56. The number of carbonyl (C=O) groups is 2. The highest BCUT2D eigenvalue weighted by atomic mass is 35.5. The van der Waals surface area contributed by atoms with Crippen molar-refractivity contribution in [3.05, 3.63) is 63.2 Å². The SMILES string of the molecule is COc1cccc(NC(=O)CC(=O)NN=Cc2ccc(Cl)c([N+](=O)[O-])c2)c1. The Morgan fingerprint density at radius 3 is 2.74 bits per heavy atom. The minimum Gasteiger partial charge on any atom is -0.497 e. The second kappa shape index (κ2) is 9.30. The molecule has 0 aromatic heterocycles. The first-order valence-corrected chi connectivity index (χ1v) is 7.96. The second-order valence-corrected chi connectivity index (χ2v) is 5.63. The van der Waals surface area contributed by atoms with Crippen molar-refractivity contribution in [2.45, 2.75) is 6.42 Å². The molecule has 2 N–H and O–H groups in total. The van der Waals surface area contributed by atoms with Crippen LogP contribution in [0.15, 0.2) is 47.6 Å². The zero-order valence-electron chi connectivity index (χ0n) is 14.1. The Bertz CT molecular complexity index is 901. The molecule has 2 rings (SSSR count). The number of carbonyl (C=O) groups excluding carboxylic acids is 2. The van der Waals surface area contributed by atoms with Crippen molar-refractivity contribution in [1.29, 1.82) is 0 Å². The number of amides is 2. The molecule has 0 saturated heterocycles. The van der Waals surface area contributed by atoms with E-state index < -0.39 is 23.2 Å². The summed E-state index contributed by atoms with van der Waals surface area (Å²) < 4.78 is 5.04. The van der Waals surface area contributed by atoms with Gasteiger partial charge in [0.2, 0.25) is 11.8 Å². The highest BCUT2D eigenvalue weighted by molar-refractivity contribution is 6.32. The molecular weight excluding hydrogens is 376 g/mol. The predicted octanol–water partition coefficient (Wildman–Crippen LogP) is 2.74. The third kappa shape index (κ3) is 6.08. The van der Waals surface area contributed by atoms with Crippen molar-refractivity contribution >= 4 is 41.0 Å². The van der Waals surface area contributed by atoms with Gasteiger partial charge >= 0.3 is 0 Å². The molecule has 2 aromatic carbocycles. The van der Waals surface area contributed by atoms with Crippen LogP contribution in [-0.2, 0) is 9.59 Å². The fourth-order valence-corrected chi connectivity index (χ4v) is 2.21. The van der Waals surface area contributed by atoms with Gasteiger partial charge in [0.25, 0.3) is 5.69 Å². The summed E-state index contributed by atoms with van der Waals surface area (Å²) in [6, 6.07) is 10.8. The van der Waals surface area contributed by atoms with Gasteiger partial charge in [-0.15, -0.1) is 0 Å². The number of hydrogen-bond donors (Lipinski definition) is 2. The smallest absolute Gasteiger partial charge is 0.288 e. The molecule has 0 unspecified atom stereocenters. The number of methoxy groups -OCH3 is 1. The number of nitrogens with one attached hydrogen (secondary N) is 2. The number of hydrazone groups is 1. The maximum atomic E-state index is 11.9. The van der Waals surface area contributed by atoms with E-state index in [9.17, 15) is 19.7 Å². The van der Waals surface area contributed by atoms with E-state index in [1.54, 1.807) is 24.3 Å². The Morgan fingerprint density at radius 1 is 1.26 bits per heavy atom. The highest BCUT2D eigenvalue weighted by Crippen LogP contribution is 2.24. The molecule has 0 bridgehead atoms. The van der Waals surface area contributed by atoms with E-state index in [-0.39, 0.29) is 10.7 Å². The van der Waals surface area contributed by atoms with Crippen molar-refractivity contribution in [3.8, 4) is 5.75 Å². The molecule has 0 atom stereocenters. The summed E-state index contributed by atoms with van der Waals surface area (Å²) in [4.78, 5) is 33.8. The Kier molecular flexibility index (Phi) is 6.84. The monoisotopic (exact) mass is 390 g/mol. The molecule has 0 aliphatic heterocycles. The first kappa shape index (κ1) is 19.9. The number of hydrogen-bond acceptors (Lipinski definition) is 6. The largest absolute Gasteiger partial charge is 0.497 e. The minimum atomic E-state index is -0.643. The molecule has 0 saturated carbocycles. The lowest BCUT2D eigenvalue weighted by Crippen LogP contribution is -2.24. The Balaban J connectivity index is 1.88. The van der Waals surface area contributed by atoms with Crippen LogP contribution in [0.4, 0.5) is 11.4 Å². The summed E-state index contributed by atoms with van der Waals surface area (Å²) in [6.07, 6.45) is 0.760. The quantitative estimate of drug-likeness (QED) is 0.325. The number of rotatable bonds is 7. The summed E-state index contributed by atoms with van der Waals surface area (Å²) in [5.74, 6) is -0.605. The molecule has 0 aliphatic carbocycles. The van der Waals surface area contributed by atoms with Crippen molar-refractivity contribution in [2.24, 2.45) is 5.10 Å². The van der Waals surface area contributed by atoms with Gasteiger partial charge in [-0.1, -0.05) is 23.7 Å². The van der Waals surface area contributed by atoms with Crippen molar-refractivity contribution < 1.29 is 19.2 Å². The molecule has 2 amide bonds. The van der Waals surface area contributed by atoms with E-state index in [0.29, 0.717) is 17.0 Å². The second-order valence-electron chi connectivity index (χ2n) is 5.22. The average Bonchev–Trinajstić information content (AvgIpc) is 2.62. The van der Waals surface area contributed by atoms with Crippen LogP contribution in [0.5, 0.6) is 5.75 Å². The van der Waals surface area contributed by atoms with Crippen LogP contribution in [-0.4, -0.2) is 30.1 Å². The van der Waals surface area contributed by atoms with E-state index >= 15 is 0 Å².